The van der Waals surface area contributed by atoms with Gasteiger partial charge < -0.3 is 10.1 Å². The average molecular weight is 315 g/mol. The number of benzene rings is 1. The number of ether oxygens (including phenoxy) is 1. The molecule has 0 saturated carbocycles. The first-order chi connectivity index (χ1) is 11.3. The molecule has 2 heterocycles. The average Bonchev–Trinajstić information content (AvgIpc) is 3.10. The van der Waals surface area contributed by atoms with Crippen molar-refractivity contribution in [2.75, 3.05) is 19.0 Å². The minimum Gasteiger partial charge on any atom is -0.382 e. The van der Waals surface area contributed by atoms with Crippen molar-refractivity contribution in [2.45, 2.75) is 6.04 Å². The summed E-state index contributed by atoms with van der Waals surface area (Å²) < 4.78 is 18.2. The zero-order valence-electron chi connectivity index (χ0n) is 12.3. The number of methoxy groups -OCH3 is 1. The number of nitrogens with one attached hydrogen (secondary N) is 2. The maximum Gasteiger partial charge on any atom is 0.223 e. The summed E-state index contributed by atoms with van der Waals surface area (Å²) in [7, 11) is 1.60. The van der Waals surface area contributed by atoms with Crippen LogP contribution in [0.1, 0.15) is 11.6 Å². The van der Waals surface area contributed by atoms with Crippen LogP contribution in [0.4, 0.5) is 10.3 Å². The maximum absolute atomic E-state index is 13.0. The standard InChI is InChI=1S/C14H14FN7O/c1-23-8-12(9-2-4-11(15)5-3-9)18-14-16-6-10(7-17-14)13-19-21-22-20-13/h2-7,12H,8H2,1H3,(H,16,17,18)(H,19,20,21,22). The Hall–Kier alpha value is -2.94. The molecule has 0 saturated heterocycles. The molecule has 23 heavy (non-hydrogen) atoms. The SMILES string of the molecule is COCC(Nc1ncc(-c2nn[nH]n2)cn1)c1ccc(F)cc1. The van der Waals surface area contributed by atoms with E-state index in [4.69, 9.17) is 4.74 Å². The smallest absolute Gasteiger partial charge is 0.223 e. The first-order valence-corrected chi connectivity index (χ1v) is 6.83. The Morgan fingerprint density at radius 2 is 1.96 bits per heavy atom. The molecular weight excluding hydrogens is 301 g/mol. The van der Waals surface area contributed by atoms with Gasteiger partial charge in [-0.3, -0.25) is 0 Å². The molecule has 3 rings (SSSR count). The number of tetrazole rings is 1. The Morgan fingerprint density at radius 3 is 2.57 bits per heavy atom. The number of nitrogens with zero attached hydrogens (tertiary/aromatic N) is 5. The first-order valence-electron chi connectivity index (χ1n) is 6.83. The van der Waals surface area contributed by atoms with E-state index >= 15 is 0 Å². The van der Waals surface area contributed by atoms with Gasteiger partial charge in [0.25, 0.3) is 0 Å². The van der Waals surface area contributed by atoms with Crippen LogP contribution in [0.3, 0.4) is 0 Å². The molecule has 9 heteroatoms. The molecular formula is C14H14FN7O. The first kappa shape index (κ1) is 15.0. The van der Waals surface area contributed by atoms with Gasteiger partial charge in [0.05, 0.1) is 18.2 Å². The molecule has 3 aromatic rings. The van der Waals surface area contributed by atoms with Gasteiger partial charge in [0.1, 0.15) is 5.82 Å². The maximum atomic E-state index is 13.0. The van der Waals surface area contributed by atoms with Crippen molar-refractivity contribution >= 4 is 5.95 Å². The fourth-order valence-electron chi connectivity index (χ4n) is 2.04. The van der Waals surface area contributed by atoms with E-state index in [0.29, 0.717) is 23.9 Å². The van der Waals surface area contributed by atoms with Crippen LogP contribution in [0.5, 0.6) is 0 Å². The van der Waals surface area contributed by atoms with Crippen molar-refractivity contribution in [1.29, 1.82) is 0 Å². The van der Waals surface area contributed by atoms with Crippen LogP contribution in [0.15, 0.2) is 36.7 Å². The molecule has 8 nitrogen and oxygen atoms in total. The lowest BCUT2D eigenvalue weighted by Gasteiger charge is -2.18. The highest BCUT2D eigenvalue weighted by atomic mass is 19.1. The zero-order chi connectivity index (χ0) is 16.1. The number of H-pyrrole nitrogens is 1. The van der Waals surface area contributed by atoms with E-state index in [2.05, 4.69) is 35.9 Å². The zero-order valence-corrected chi connectivity index (χ0v) is 12.3. The van der Waals surface area contributed by atoms with E-state index in [1.165, 1.54) is 12.1 Å². The molecule has 118 valence electrons. The summed E-state index contributed by atoms with van der Waals surface area (Å²) in [5, 5.41) is 16.7. The van der Waals surface area contributed by atoms with Gasteiger partial charge >= 0.3 is 0 Å². The monoisotopic (exact) mass is 315 g/mol. The third kappa shape index (κ3) is 3.64. The molecule has 1 atom stereocenters. The predicted octanol–water partition coefficient (Wildman–Crippen LogP) is 1.60. The minimum absolute atomic E-state index is 0.198. The third-order valence-corrected chi connectivity index (χ3v) is 3.16. The summed E-state index contributed by atoms with van der Waals surface area (Å²) in [5.41, 5.74) is 1.52. The van der Waals surface area contributed by atoms with Gasteiger partial charge in [-0.15, -0.1) is 10.2 Å². The van der Waals surface area contributed by atoms with E-state index in [-0.39, 0.29) is 11.9 Å². The largest absolute Gasteiger partial charge is 0.382 e. The molecule has 0 fully saturated rings. The lowest BCUT2D eigenvalue weighted by atomic mass is 10.1. The van der Waals surface area contributed by atoms with Crippen LogP contribution >= 0.6 is 0 Å². The number of hydrogen-bond donors (Lipinski definition) is 2. The summed E-state index contributed by atoms with van der Waals surface area (Å²) in [5.74, 6) is 0.553. The van der Waals surface area contributed by atoms with E-state index < -0.39 is 0 Å². The Labute approximate surface area is 131 Å². The highest BCUT2D eigenvalue weighted by Gasteiger charge is 2.13. The molecule has 0 aliphatic heterocycles. The number of halogens is 1. The highest BCUT2D eigenvalue weighted by molar-refractivity contribution is 5.51. The molecule has 0 spiro atoms. The van der Waals surface area contributed by atoms with E-state index in [9.17, 15) is 4.39 Å². The quantitative estimate of drug-likeness (QED) is 0.712. The molecule has 1 unspecified atom stereocenters. The second kappa shape index (κ2) is 6.88. The van der Waals surface area contributed by atoms with Gasteiger partial charge in [0.15, 0.2) is 0 Å². The number of aromatic amines is 1. The number of anilines is 1. The summed E-state index contributed by atoms with van der Waals surface area (Å²) in [6.45, 7) is 0.390. The second-order valence-electron chi connectivity index (χ2n) is 4.73. The summed E-state index contributed by atoms with van der Waals surface area (Å²) in [4.78, 5) is 8.45. The van der Waals surface area contributed by atoms with Crippen LogP contribution in [0, 0.1) is 5.82 Å². The molecule has 0 amide bonds. The van der Waals surface area contributed by atoms with Crippen LogP contribution in [-0.2, 0) is 4.74 Å². The highest BCUT2D eigenvalue weighted by Crippen LogP contribution is 2.19. The van der Waals surface area contributed by atoms with Gasteiger partial charge in [-0.2, -0.15) is 5.21 Å². The van der Waals surface area contributed by atoms with Crippen molar-refractivity contribution in [3.63, 3.8) is 0 Å². The van der Waals surface area contributed by atoms with Crippen LogP contribution in [0.2, 0.25) is 0 Å². The lowest BCUT2D eigenvalue weighted by molar-refractivity contribution is 0.186. The number of hydrogen-bond acceptors (Lipinski definition) is 7. The molecule has 0 aliphatic carbocycles. The molecule has 0 radical (unpaired) electrons. The Balaban J connectivity index is 1.76. The molecule has 0 aliphatic rings. The Kier molecular flexibility index (Phi) is 4.48. The van der Waals surface area contributed by atoms with E-state index in [1.54, 1.807) is 31.6 Å². The topological polar surface area (TPSA) is 102 Å². The van der Waals surface area contributed by atoms with Gasteiger partial charge in [-0.1, -0.05) is 12.1 Å². The molecule has 2 N–H and O–H groups in total. The predicted molar refractivity (Wildman–Crippen MR) is 79.8 cm³/mol. The lowest BCUT2D eigenvalue weighted by Crippen LogP contribution is -2.17. The van der Waals surface area contributed by atoms with Crippen LogP contribution in [0.25, 0.3) is 11.4 Å². The Morgan fingerprint density at radius 1 is 1.22 bits per heavy atom. The van der Waals surface area contributed by atoms with Crippen LogP contribution in [-0.4, -0.2) is 44.3 Å². The number of aromatic nitrogens is 6. The van der Waals surface area contributed by atoms with Crippen molar-refractivity contribution in [3.05, 3.63) is 48.0 Å². The van der Waals surface area contributed by atoms with Crippen molar-refractivity contribution in [3.8, 4) is 11.4 Å². The molecule has 0 bridgehead atoms. The third-order valence-electron chi connectivity index (χ3n) is 3.16. The van der Waals surface area contributed by atoms with Crippen molar-refractivity contribution in [2.24, 2.45) is 0 Å². The minimum atomic E-state index is -0.286. The molecule has 2 aromatic heterocycles. The number of rotatable bonds is 6. The van der Waals surface area contributed by atoms with E-state index in [1.807, 2.05) is 0 Å². The fourth-order valence-corrected chi connectivity index (χ4v) is 2.04. The Bertz CT molecular complexity index is 731. The van der Waals surface area contributed by atoms with Gasteiger partial charge in [-0.05, 0) is 22.9 Å². The van der Waals surface area contributed by atoms with Gasteiger partial charge in [0.2, 0.25) is 11.8 Å². The van der Waals surface area contributed by atoms with Gasteiger partial charge in [-0.25, -0.2) is 14.4 Å². The second-order valence-corrected chi connectivity index (χ2v) is 4.73. The summed E-state index contributed by atoms with van der Waals surface area (Å²) >= 11 is 0. The molecule has 1 aromatic carbocycles. The van der Waals surface area contributed by atoms with Gasteiger partial charge in [0, 0.05) is 19.5 Å². The van der Waals surface area contributed by atoms with Crippen LogP contribution < -0.4 is 5.32 Å². The summed E-state index contributed by atoms with van der Waals surface area (Å²) in [6.07, 6.45) is 3.18. The van der Waals surface area contributed by atoms with Crippen molar-refractivity contribution < 1.29 is 9.13 Å². The van der Waals surface area contributed by atoms with Crippen molar-refractivity contribution in [1.82, 2.24) is 30.6 Å². The fraction of sp³-hybridized carbons (Fsp3) is 0.214. The van der Waals surface area contributed by atoms with E-state index in [0.717, 1.165) is 5.56 Å². The normalized spacial score (nSPS) is 12.1. The summed E-state index contributed by atoms with van der Waals surface area (Å²) in [6, 6.07) is 6.00.